The normalized spacial score (nSPS) is 22.8. The first kappa shape index (κ1) is 16.3. The molecule has 0 aromatic carbocycles. The fourth-order valence-electron chi connectivity index (χ4n) is 2.63. The molecule has 1 aliphatic heterocycles. The SMILES string of the molecule is CCC1C(=O)NC(C(C)C)C(=O)N1CCc1ccc(Cl)s1. The van der Waals surface area contributed by atoms with E-state index < -0.39 is 6.04 Å². The van der Waals surface area contributed by atoms with Gasteiger partial charge in [-0.15, -0.1) is 11.3 Å². The first-order valence-corrected chi connectivity index (χ1v) is 8.48. The van der Waals surface area contributed by atoms with Gasteiger partial charge in [0.15, 0.2) is 0 Å². The molecule has 21 heavy (non-hydrogen) atoms. The second-order valence-corrected chi connectivity index (χ2v) is 7.44. The standard InChI is InChI=1S/C15H21ClN2O2S/c1-4-11-14(19)17-13(9(2)3)15(20)18(11)8-7-10-5-6-12(16)21-10/h5-6,9,11,13H,4,7-8H2,1-3H3,(H,17,19). The van der Waals surface area contributed by atoms with Crippen LogP contribution in [0.15, 0.2) is 12.1 Å². The number of nitrogens with zero attached hydrogens (tertiary/aromatic N) is 1. The quantitative estimate of drug-likeness (QED) is 0.903. The van der Waals surface area contributed by atoms with E-state index in [9.17, 15) is 9.59 Å². The zero-order chi connectivity index (χ0) is 15.6. The van der Waals surface area contributed by atoms with Crippen LogP contribution in [-0.4, -0.2) is 35.3 Å². The minimum atomic E-state index is -0.410. The predicted octanol–water partition coefficient (Wildman–Crippen LogP) is 2.71. The Balaban J connectivity index is 2.11. The van der Waals surface area contributed by atoms with E-state index in [1.165, 1.54) is 11.3 Å². The van der Waals surface area contributed by atoms with Crippen LogP contribution in [0.4, 0.5) is 0 Å². The zero-order valence-corrected chi connectivity index (χ0v) is 14.1. The van der Waals surface area contributed by atoms with Gasteiger partial charge in [-0.3, -0.25) is 9.59 Å². The molecule has 0 saturated carbocycles. The van der Waals surface area contributed by atoms with Gasteiger partial charge in [-0.25, -0.2) is 0 Å². The summed E-state index contributed by atoms with van der Waals surface area (Å²) in [5, 5.41) is 2.85. The van der Waals surface area contributed by atoms with Crippen molar-refractivity contribution in [2.24, 2.45) is 5.92 Å². The van der Waals surface area contributed by atoms with Gasteiger partial charge in [0, 0.05) is 11.4 Å². The van der Waals surface area contributed by atoms with E-state index in [1.807, 2.05) is 32.9 Å². The topological polar surface area (TPSA) is 49.4 Å². The molecule has 2 rings (SSSR count). The van der Waals surface area contributed by atoms with Crippen LogP contribution in [0.25, 0.3) is 0 Å². The summed E-state index contributed by atoms with van der Waals surface area (Å²) in [6.45, 7) is 6.39. The molecule has 6 heteroatoms. The molecular formula is C15H21ClN2O2S. The maximum atomic E-state index is 12.6. The maximum Gasteiger partial charge on any atom is 0.246 e. The summed E-state index contributed by atoms with van der Waals surface area (Å²) < 4.78 is 0.750. The summed E-state index contributed by atoms with van der Waals surface area (Å²) in [5.74, 6) is 0.0806. The van der Waals surface area contributed by atoms with Gasteiger partial charge in [0.25, 0.3) is 0 Å². The number of piperazine rings is 1. The molecule has 2 heterocycles. The fourth-order valence-corrected chi connectivity index (χ4v) is 3.70. The van der Waals surface area contributed by atoms with Gasteiger partial charge >= 0.3 is 0 Å². The summed E-state index contributed by atoms with van der Waals surface area (Å²) in [7, 11) is 0. The molecule has 0 aliphatic carbocycles. The highest BCUT2D eigenvalue weighted by Crippen LogP contribution is 2.23. The van der Waals surface area contributed by atoms with Gasteiger partial charge < -0.3 is 10.2 Å². The monoisotopic (exact) mass is 328 g/mol. The maximum absolute atomic E-state index is 12.6. The molecule has 116 valence electrons. The number of hydrogen-bond donors (Lipinski definition) is 1. The first-order valence-electron chi connectivity index (χ1n) is 7.29. The van der Waals surface area contributed by atoms with E-state index in [-0.39, 0.29) is 23.8 Å². The minimum Gasteiger partial charge on any atom is -0.342 e. The minimum absolute atomic E-state index is 0.0269. The summed E-state index contributed by atoms with van der Waals surface area (Å²) in [6.07, 6.45) is 1.37. The molecule has 1 aromatic rings. The molecule has 1 aliphatic rings. The molecule has 0 bridgehead atoms. The number of thiophene rings is 1. The van der Waals surface area contributed by atoms with Gasteiger partial charge in [0.1, 0.15) is 12.1 Å². The summed E-state index contributed by atoms with van der Waals surface area (Å²) >= 11 is 7.45. The molecule has 1 saturated heterocycles. The first-order chi connectivity index (χ1) is 9.93. The second-order valence-electron chi connectivity index (χ2n) is 5.64. The summed E-state index contributed by atoms with van der Waals surface area (Å²) in [4.78, 5) is 27.7. The predicted molar refractivity (Wildman–Crippen MR) is 85.6 cm³/mol. The van der Waals surface area contributed by atoms with Crippen LogP contribution in [0.5, 0.6) is 0 Å². The zero-order valence-electron chi connectivity index (χ0n) is 12.6. The average molecular weight is 329 g/mol. The molecule has 1 aromatic heterocycles. The van der Waals surface area contributed by atoms with E-state index in [0.717, 1.165) is 15.6 Å². The lowest BCUT2D eigenvalue weighted by Crippen LogP contribution is -2.64. The van der Waals surface area contributed by atoms with Gasteiger partial charge in [-0.05, 0) is 30.9 Å². The Labute approximate surface area is 134 Å². The number of nitrogens with one attached hydrogen (secondary N) is 1. The third-order valence-corrected chi connectivity index (χ3v) is 5.10. The Morgan fingerprint density at radius 2 is 2.10 bits per heavy atom. The number of halogens is 1. The number of carbonyl (C=O) groups excluding carboxylic acids is 2. The molecule has 0 spiro atoms. The Morgan fingerprint density at radius 1 is 1.38 bits per heavy atom. The summed E-state index contributed by atoms with van der Waals surface area (Å²) in [5.41, 5.74) is 0. The Bertz CT molecular complexity index is 529. The van der Waals surface area contributed by atoms with Crippen LogP contribution in [0, 0.1) is 5.92 Å². The highest BCUT2D eigenvalue weighted by molar-refractivity contribution is 7.16. The van der Waals surface area contributed by atoms with Gasteiger partial charge in [-0.1, -0.05) is 32.4 Å². The van der Waals surface area contributed by atoms with E-state index in [2.05, 4.69) is 5.32 Å². The average Bonchev–Trinajstić information content (AvgIpc) is 2.84. The molecular weight excluding hydrogens is 308 g/mol. The highest BCUT2D eigenvalue weighted by atomic mass is 35.5. The largest absolute Gasteiger partial charge is 0.342 e. The molecule has 1 fully saturated rings. The van der Waals surface area contributed by atoms with Crippen LogP contribution in [0.2, 0.25) is 4.34 Å². The van der Waals surface area contributed by atoms with Crippen LogP contribution < -0.4 is 5.32 Å². The molecule has 4 nitrogen and oxygen atoms in total. The summed E-state index contributed by atoms with van der Waals surface area (Å²) in [6, 6.07) is 3.07. The lowest BCUT2D eigenvalue weighted by molar-refractivity contribution is -0.150. The number of carbonyl (C=O) groups is 2. The highest BCUT2D eigenvalue weighted by Gasteiger charge is 2.40. The van der Waals surface area contributed by atoms with Gasteiger partial charge in [0.05, 0.1) is 4.34 Å². The fraction of sp³-hybridized carbons (Fsp3) is 0.600. The van der Waals surface area contributed by atoms with Crippen molar-refractivity contribution in [1.29, 1.82) is 0 Å². The smallest absolute Gasteiger partial charge is 0.246 e. The third-order valence-electron chi connectivity index (χ3n) is 3.81. The van der Waals surface area contributed by atoms with E-state index >= 15 is 0 Å². The van der Waals surface area contributed by atoms with Crippen molar-refractivity contribution < 1.29 is 9.59 Å². The molecule has 1 N–H and O–H groups in total. The van der Waals surface area contributed by atoms with Crippen LogP contribution in [0.3, 0.4) is 0 Å². The molecule has 0 radical (unpaired) electrons. The third kappa shape index (κ3) is 3.58. The van der Waals surface area contributed by atoms with Crippen molar-refractivity contribution >= 4 is 34.8 Å². The van der Waals surface area contributed by atoms with E-state index in [1.54, 1.807) is 4.90 Å². The van der Waals surface area contributed by atoms with E-state index in [4.69, 9.17) is 11.6 Å². The number of rotatable bonds is 5. The molecule has 2 unspecified atom stereocenters. The van der Waals surface area contributed by atoms with Crippen molar-refractivity contribution in [3.05, 3.63) is 21.3 Å². The lowest BCUT2D eigenvalue weighted by Gasteiger charge is -2.40. The molecule has 2 atom stereocenters. The van der Waals surface area contributed by atoms with Crippen LogP contribution >= 0.6 is 22.9 Å². The van der Waals surface area contributed by atoms with Gasteiger partial charge in [0.2, 0.25) is 11.8 Å². The van der Waals surface area contributed by atoms with Crippen molar-refractivity contribution in [3.63, 3.8) is 0 Å². The van der Waals surface area contributed by atoms with Crippen molar-refractivity contribution in [2.75, 3.05) is 6.54 Å². The molecule has 2 amide bonds. The number of hydrogen-bond acceptors (Lipinski definition) is 3. The Kier molecular flexibility index (Phi) is 5.27. The van der Waals surface area contributed by atoms with Crippen LogP contribution in [0.1, 0.15) is 32.1 Å². The van der Waals surface area contributed by atoms with E-state index in [0.29, 0.717) is 13.0 Å². The lowest BCUT2D eigenvalue weighted by atomic mass is 9.96. The van der Waals surface area contributed by atoms with Gasteiger partial charge in [-0.2, -0.15) is 0 Å². The second kappa shape index (κ2) is 6.79. The Hall–Kier alpha value is -1.07. The van der Waals surface area contributed by atoms with Crippen LogP contribution in [-0.2, 0) is 16.0 Å². The van der Waals surface area contributed by atoms with Crippen molar-refractivity contribution in [3.8, 4) is 0 Å². The number of amides is 2. The van der Waals surface area contributed by atoms with Crippen molar-refractivity contribution in [2.45, 2.75) is 45.7 Å². The Morgan fingerprint density at radius 3 is 2.62 bits per heavy atom. The van der Waals surface area contributed by atoms with Crippen molar-refractivity contribution in [1.82, 2.24) is 10.2 Å².